The van der Waals surface area contributed by atoms with Crippen molar-refractivity contribution in [3.05, 3.63) is 85.1 Å². The summed E-state index contributed by atoms with van der Waals surface area (Å²) in [6.45, 7) is 6.78. The number of esters is 1. The molecule has 3 unspecified atom stereocenters. The lowest BCUT2D eigenvalue weighted by molar-refractivity contribution is -0.870. The number of carbonyl (C=O) groups is 2. The molecule has 1 N–H and O–H groups in total. The molecule has 0 spiro atoms. The van der Waals surface area contributed by atoms with E-state index in [4.69, 9.17) is 13.8 Å². The van der Waals surface area contributed by atoms with E-state index < -0.39 is 26.6 Å². The van der Waals surface area contributed by atoms with Crippen LogP contribution < -0.4 is 10.2 Å². The van der Waals surface area contributed by atoms with E-state index in [1.807, 2.05) is 33.3 Å². The standard InChI is InChI=1S/C69H125N2O7P/c1-7-10-13-16-19-22-25-28-30-31-32-33-34-35-36-37-38-39-41-43-46-49-52-55-58-61-68(72)70-66(65-77-79(74,75)76-64-63-71(4,5)6)67(60-57-54-51-48-45-42-27-24-21-18-15-12-9-3)78-69(73)62-59-56-53-50-47-44-40-29-26-23-20-17-14-11-8-2/h19-20,22-23,26,28-30,32-33,35-36,57,60,66-67H,7-18,21,24-25,27,31,34,37-56,58-59,61-65H2,1-6H3,(H-,70,72,74,75)/b22-19-,23-20+,29-26+,30-28-,33-32-,36-35-,60-57-. The number of likely N-dealkylation sites (N-methyl/N-ethyl adjacent to an activating group) is 1. The molecule has 0 heterocycles. The van der Waals surface area contributed by atoms with Gasteiger partial charge in [0.05, 0.1) is 33.8 Å². The van der Waals surface area contributed by atoms with E-state index in [1.54, 1.807) is 0 Å². The number of quaternary nitrogens is 1. The second-order valence-corrected chi connectivity index (χ2v) is 24.7. The number of hydrogen-bond acceptors (Lipinski definition) is 7. The van der Waals surface area contributed by atoms with E-state index in [0.29, 0.717) is 23.9 Å². The van der Waals surface area contributed by atoms with Crippen LogP contribution in [0.1, 0.15) is 290 Å². The summed E-state index contributed by atoms with van der Waals surface area (Å²) in [5.41, 5.74) is 0. The summed E-state index contributed by atoms with van der Waals surface area (Å²) in [6.07, 6.45) is 76.9. The summed E-state index contributed by atoms with van der Waals surface area (Å²) in [5, 5.41) is 3.03. The number of nitrogens with zero attached hydrogens (tertiary/aromatic N) is 1. The van der Waals surface area contributed by atoms with Crippen molar-refractivity contribution in [2.24, 2.45) is 0 Å². The van der Waals surface area contributed by atoms with Crippen molar-refractivity contribution >= 4 is 19.7 Å². The molecule has 0 bridgehead atoms. The Morgan fingerprint density at radius 1 is 0.456 bits per heavy atom. The number of rotatable bonds is 59. The smallest absolute Gasteiger partial charge is 0.306 e. The molecule has 0 radical (unpaired) electrons. The Balaban J connectivity index is 5.19. The van der Waals surface area contributed by atoms with Gasteiger partial charge in [0, 0.05) is 12.8 Å². The zero-order chi connectivity index (χ0) is 57.9. The van der Waals surface area contributed by atoms with Crippen molar-refractivity contribution in [2.45, 2.75) is 303 Å². The van der Waals surface area contributed by atoms with Gasteiger partial charge < -0.3 is 28.5 Å². The maximum atomic E-state index is 13.6. The second kappa shape index (κ2) is 58.4. The number of carbonyl (C=O) groups excluding carboxylic acids is 2. The molecule has 0 saturated heterocycles. The molecule has 0 aliphatic rings. The first kappa shape index (κ1) is 76.2. The average molecular weight is 1130 g/mol. The maximum Gasteiger partial charge on any atom is 0.306 e. The van der Waals surface area contributed by atoms with Crippen molar-refractivity contribution in [3.63, 3.8) is 0 Å². The lowest BCUT2D eigenvalue weighted by Crippen LogP contribution is -2.47. The predicted octanol–water partition coefficient (Wildman–Crippen LogP) is 19.9. The fourth-order valence-corrected chi connectivity index (χ4v) is 9.93. The Bertz CT molecular complexity index is 1630. The Morgan fingerprint density at radius 2 is 0.810 bits per heavy atom. The molecular weight excluding hydrogens is 1000 g/mol. The summed E-state index contributed by atoms with van der Waals surface area (Å²) >= 11 is 0. The minimum atomic E-state index is -4.71. The van der Waals surface area contributed by atoms with Crippen LogP contribution >= 0.6 is 7.82 Å². The quantitative estimate of drug-likeness (QED) is 0.0161. The molecule has 9 nitrogen and oxygen atoms in total. The van der Waals surface area contributed by atoms with Crippen molar-refractivity contribution < 1.29 is 37.3 Å². The number of allylic oxidation sites excluding steroid dienone is 13. The molecule has 0 fully saturated rings. The van der Waals surface area contributed by atoms with Crippen LogP contribution in [0.5, 0.6) is 0 Å². The zero-order valence-electron chi connectivity index (χ0n) is 52.3. The Hall–Kier alpha value is -2.81. The first-order valence-electron chi connectivity index (χ1n) is 32.9. The van der Waals surface area contributed by atoms with E-state index in [0.717, 1.165) is 109 Å². The molecule has 0 rings (SSSR count). The summed E-state index contributed by atoms with van der Waals surface area (Å²) in [4.78, 5) is 40.1. The Labute approximate surface area is 488 Å². The minimum Gasteiger partial charge on any atom is -0.756 e. The first-order chi connectivity index (χ1) is 38.4. The van der Waals surface area contributed by atoms with Gasteiger partial charge in [0.25, 0.3) is 7.82 Å². The molecule has 0 aromatic carbocycles. The average Bonchev–Trinajstić information content (AvgIpc) is 3.41. The van der Waals surface area contributed by atoms with Gasteiger partial charge in [0.1, 0.15) is 19.3 Å². The number of phosphoric acid groups is 1. The third-order valence-corrected chi connectivity index (χ3v) is 15.3. The highest BCUT2D eigenvalue weighted by atomic mass is 31.2. The topological polar surface area (TPSA) is 114 Å². The van der Waals surface area contributed by atoms with Crippen LogP contribution in [0.15, 0.2) is 85.1 Å². The molecule has 0 saturated carbocycles. The van der Waals surface area contributed by atoms with Crippen molar-refractivity contribution in [2.75, 3.05) is 40.9 Å². The van der Waals surface area contributed by atoms with Crippen LogP contribution in [0.4, 0.5) is 0 Å². The van der Waals surface area contributed by atoms with E-state index in [9.17, 15) is 19.0 Å². The van der Waals surface area contributed by atoms with Crippen LogP contribution in [0.2, 0.25) is 0 Å². The van der Waals surface area contributed by atoms with Crippen LogP contribution in [0, 0.1) is 0 Å². The highest BCUT2D eigenvalue weighted by Crippen LogP contribution is 2.38. The van der Waals surface area contributed by atoms with E-state index >= 15 is 0 Å². The van der Waals surface area contributed by atoms with Crippen molar-refractivity contribution in [1.82, 2.24) is 5.32 Å². The lowest BCUT2D eigenvalue weighted by Gasteiger charge is -2.30. The van der Waals surface area contributed by atoms with E-state index in [1.165, 1.54) is 141 Å². The predicted molar refractivity (Wildman–Crippen MR) is 339 cm³/mol. The van der Waals surface area contributed by atoms with Gasteiger partial charge in [-0.3, -0.25) is 14.2 Å². The van der Waals surface area contributed by atoms with E-state index in [-0.39, 0.29) is 24.9 Å². The van der Waals surface area contributed by atoms with Crippen molar-refractivity contribution in [1.29, 1.82) is 0 Å². The van der Waals surface area contributed by atoms with Gasteiger partial charge in [-0.15, -0.1) is 0 Å². The molecular formula is C69H125N2O7P. The highest BCUT2D eigenvalue weighted by molar-refractivity contribution is 7.45. The largest absolute Gasteiger partial charge is 0.756 e. The third-order valence-electron chi connectivity index (χ3n) is 14.3. The lowest BCUT2D eigenvalue weighted by atomic mass is 10.0. The van der Waals surface area contributed by atoms with Gasteiger partial charge in [-0.1, -0.05) is 260 Å². The van der Waals surface area contributed by atoms with Gasteiger partial charge in [0.2, 0.25) is 5.91 Å². The molecule has 3 atom stereocenters. The molecule has 79 heavy (non-hydrogen) atoms. The second-order valence-electron chi connectivity index (χ2n) is 23.3. The number of nitrogens with one attached hydrogen (secondary N) is 1. The number of phosphoric ester groups is 1. The summed E-state index contributed by atoms with van der Waals surface area (Å²) in [7, 11) is 1.17. The van der Waals surface area contributed by atoms with Crippen molar-refractivity contribution in [3.8, 4) is 0 Å². The molecule has 10 heteroatoms. The number of hydrogen-bond donors (Lipinski definition) is 1. The van der Waals surface area contributed by atoms with E-state index in [2.05, 4.69) is 99.0 Å². The summed E-state index contributed by atoms with van der Waals surface area (Å²) < 4.78 is 30.4. The number of ether oxygens (including phenoxy) is 1. The summed E-state index contributed by atoms with van der Waals surface area (Å²) in [5.74, 6) is -0.559. The van der Waals surface area contributed by atoms with Gasteiger partial charge in [-0.25, -0.2) is 0 Å². The molecule has 0 aliphatic carbocycles. The van der Waals surface area contributed by atoms with Crippen LogP contribution in [-0.4, -0.2) is 69.4 Å². The van der Waals surface area contributed by atoms with Crippen LogP contribution in [-0.2, 0) is 27.9 Å². The van der Waals surface area contributed by atoms with Crippen LogP contribution in [0.3, 0.4) is 0 Å². The van der Waals surface area contributed by atoms with Gasteiger partial charge in [-0.2, -0.15) is 0 Å². The fraction of sp³-hybridized carbons (Fsp3) is 0.768. The SMILES string of the molecule is CCCCC/C=C\C/C=C\C/C=C\C/C=C\CCCCCCCCCCCC(=O)NC(COP(=O)([O-])OCC[N+](C)(C)C)C(/C=C\CCCCCCCCCCCCC)OC(=O)CCCCCCCC/C=C/C=C/CCCCC. The first-order valence-corrected chi connectivity index (χ1v) is 34.4. The molecule has 458 valence electrons. The molecule has 0 aromatic rings. The maximum absolute atomic E-state index is 13.6. The number of unbranched alkanes of at least 4 members (excludes halogenated alkanes) is 32. The van der Waals surface area contributed by atoms with Gasteiger partial charge in [0.15, 0.2) is 0 Å². The normalized spacial score (nSPS) is 14.2. The Morgan fingerprint density at radius 3 is 1.25 bits per heavy atom. The van der Waals surface area contributed by atoms with Gasteiger partial charge >= 0.3 is 5.97 Å². The zero-order valence-corrected chi connectivity index (χ0v) is 53.2. The summed E-state index contributed by atoms with van der Waals surface area (Å²) in [6, 6.07) is -0.901. The molecule has 1 amide bonds. The molecule has 0 aliphatic heterocycles. The fourth-order valence-electron chi connectivity index (χ4n) is 9.20. The third kappa shape index (κ3) is 59.6. The highest BCUT2D eigenvalue weighted by Gasteiger charge is 2.27. The van der Waals surface area contributed by atoms with Crippen LogP contribution in [0.25, 0.3) is 0 Å². The Kier molecular flexibility index (Phi) is 56.3. The molecule has 0 aromatic heterocycles. The van der Waals surface area contributed by atoms with Gasteiger partial charge in [-0.05, 0) is 102 Å². The minimum absolute atomic E-state index is 0.0285. The monoisotopic (exact) mass is 1120 g/mol. The number of amides is 1.